The molecular formula is C31H26F6N4O3. The summed E-state index contributed by atoms with van der Waals surface area (Å²) in [6, 6.07) is 14.0. The molecular weight excluding hydrogens is 590 g/mol. The summed E-state index contributed by atoms with van der Waals surface area (Å²) in [5.41, 5.74) is 3.05. The first-order valence-electron chi connectivity index (χ1n) is 13.8. The summed E-state index contributed by atoms with van der Waals surface area (Å²) < 4.78 is 83.9. The molecule has 7 nitrogen and oxygen atoms in total. The molecule has 0 spiro atoms. The van der Waals surface area contributed by atoms with E-state index in [0.717, 1.165) is 17.2 Å². The quantitative estimate of drug-likeness (QED) is 0.104. The zero-order valence-electron chi connectivity index (χ0n) is 23.1. The second-order valence-electron chi connectivity index (χ2n) is 10.2. The van der Waals surface area contributed by atoms with Crippen LogP contribution in [0.1, 0.15) is 39.2 Å². The Balaban J connectivity index is 1.20. The maximum atomic E-state index is 13.4. The number of fused-ring (bicyclic) bond motifs is 3. The number of carbonyl (C=O) groups excluding carboxylic acids is 2. The molecule has 2 aromatic heterocycles. The first-order chi connectivity index (χ1) is 20.9. The molecule has 4 aromatic rings. The fraction of sp³-hybridized carbons (Fsp3) is 0.290. The number of nitrogens with one attached hydrogen (secondary N) is 1. The largest absolute Gasteiger partial charge is 0.491 e. The van der Waals surface area contributed by atoms with Crippen molar-refractivity contribution < 1.29 is 40.7 Å². The van der Waals surface area contributed by atoms with Gasteiger partial charge in [-0.15, -0.1) is 0 Å². The highest BCUT2D eigenvalue weighted by Crippen LogP contribution is 2.37. The molecule has 0 fully saturated rings. The van der Waals surface area contributed by atoms with E-state index in [0.29, 0.717) is 61.2 Å². The van der Waals surface area contributed by atoms with Crippen molar-refractivity contribution in [2.45, 2.75) is 44.6 Å². The third-order valence-corrected chi connectivity index (χ3v) is 7.28. The molecule has 1 aliphatic carbocycles. The Kier molecular flexibility index (Phi) is 8.86. The van der Waals surface area contributed by atoms with E-state index in [2.05, 4.69) is 20.1 Å². The average molecular weight is 617 g/mol. The summed E-state index contributed by atoms with van der Waals surface area (Å²) in [5.74, 6) is -4.00. The van der Waals surface area contributed by atoms with E-state index < -0.39 is 29.9 Å². The first-order valence-corrected chi connectivity index (χ1v) is 13.8. The molecule has 0 bridgehead atoms. The maximum Gasteiger partial charge on any atom is 0.491 e. The molecule has 2 aromatic carbocycles. The van der Waals surface area contributed by atoms with Crippen LogP contribution >= 0.6 is 0 Å². The lowest BCUT2D eigenvalue weighted by molar-refractivity contribution is -0.193. The Morgan fingerprint density at radius 1 is 0.909 bits per heavy atom. The number of carbonyl (C=O) groups is 2. The fourth-order valence-electron chi connectivity index (χ4n) is 5.19. The van der Waals surface area contributed by atoms with Crippen molar-refractivity contribution in [3.63, 3.8) is 0 Å². The number of halogens is 6. The highest BCUT2D eigenvalue weighted by molar-refractivity contribution is 5.99. The number of esters is 2. The van der Waals surface area contributed by atoms with Crippen molar-refractivity contribution in [1.82, 2.24) is 20.1 Å². The summed E-state index contributed by atoms with van der Waals surface area (Å²) in [4.78, 5) is 28.2. The SMILES string of the molecule is O=C(OC(=O)C(F)(F)F)c1c2c(nn1CCCNCCc1ccc(-c3ccccc3C(F)(F)F)cc1)-c1ccncc1CC2. The zero-order valence-corrected chi connectivity index (χ0v) is 23.1. The Labute approximate surface area is 247 Å². The lowest BCUT2D eigenvalue weighted by Crippen LogP contribution is -2.29. The molecule has 0 saturated carbocycles. The van der Waals surface area contributed by atoms with E-state index >= 15 is 0 Å². The number of ether oxygens (including phenoxy) is 1. The van der Waals surface area contributed by atoms with Crippen LogP contribution in [-0.4, -0.2) is 46.0 Å². The number of rotatable bonds is 9. The molecule has 1 aliphatic rings. The molecule has 0 unspecified atom stereocenters. The molecule has 0 aliphatic heterocycles. The summed E-state index contributed by atoms with van der Waals surface area (Å²) in [6.07, 6.45) is -4.71. The average Bonchev–Trinajstić information content (AvgIpc) is 3.37. The van der Waals surface area contributed by atoms with Crippen LogP contribution in [0.4, 0.5) is 26.3 Å². The molecule has 230 valence electrons. The second-order valence-corrected chi connectivity index (χ2v) is 10.2. The lowest BCUT2D eigenvalue weighted by atomic mass is 9.90. The van der Waals surface area contributed by atoms with Crippen molar-refractivity contribution in [2.24, 2.45) is 0 Å². The molecule has 44 heavy (non-hydrogen) atoms. The van der Waals surface area contributed by atoms with Gasteiger partial charge in [-0.25, -0.2) is 9.59 Å². The van der Waals surface area contributed by atoms with E-state index in [1.165, 1.54) is 16.8 Å². The van der Waals surface area contributed by atoms with E-state index in [1.54, 1.807) is 48.8 Å². The van der Waals surface area contributed by atoms with E-state index in [1.807, 2.05) is 0 Å². The minimum absolute atomic E-state index is 0.108. The number of pyridine rings is 1. The summed E-state index contributed by atoms with van der Waals surface area (Å²) in [5, 5.41) is 7.74. The van der Waals surface area contributed by atoms with Crippen molar-refractivity contribution in [3.8, 4) is 22.4 Å². The fourth-order valence-corrected chi connectivity index (χ4v) is 5.19. The van der Waals surface area contributed by atoms with Crippen LogP contribution in [0.15, 0.2) is 67.0 Å². The lowest BCUT2D eigenvalue weighted by Gasteiger charge is -2.15. The molecule has 0 saturated heterocycles. The number of aromatic nitrogens is 3. The minimum Gasteiger partial charge on any atom is -0.381 e. The highest BCUT2D eigenvalue weighted by atomic mass is 19.4. The Bertz CT molecular complexity index is 1660. The Hall–Kier alpha value is -4.52. The smallest absolute Gasteiger partial charge is 0.381 e. The predicted molar refractivity (Wildman–Crippen MR) is 147 cm³/mol. The molecule has 1 N–H and O–H groups in total. The molecule has 0 atom stereocenters. The third-order valence-electron chi connectivity index (χ3n) is 7.28. The van der Waals surface area contributed by atoms with Gasteiger partial charge in [-0.05, 0) is 73.2 Å². The highest BCUT2D eigenvalue weighted by Gasteiger charge is 2.43. The second kappa shape index (κ2) is 12.6. The number of nitrogens with zero attached hydrogens (tertiary/aromatic N) is 3. The summed E-state index contributed by atoms with van der Waals surface area (Å²) in [7, 11) is 0. The van der Waals surface area contributed by atoms with Gasteiger partial charge < -0.3 is 10.1 Å². The van der Waals surface area contributed by atoms with Crippen LogP contribution in [0.2, 0.25) is 0 Å². The Morgan fingerprint density at radius 2 is 1.66 bits per heavy atom. The topological polar surface area (TPSA) is 86.1 Å². The Morgan fingerprint density at radius 3 is 2.39 bits per heavy atom. The molecule has 5 rings (SSSR count). The molecule has 0 radical (unpaired) electrons. The van der Waals surface area contributed by atoms with Crippen molar-refractivity contribution in [1.29, 1.82) is 0 Å². The van der Waals surface area contributed by atoms with E-state index in [4.69, 9.17) is 0 Å². The molecule has 13 heteroatoms. The number of hydrogen-bond acceptors (Lipinski definition) is 6. The standard InChI is InChI=1S/C31H26F6N4O3/c32-30(33,34)25-5-2-1-4-22(25)20-8-6-19(7-9-20)12-15-38-14-3-17-41-27(28(42)44-29(43)31(35,36)37)24-11-10-21-18-39-16-13-23(21)26(24)40-41/h1-2,4-9,13,16,18,38H,3,10-12,14-15,17H2. The number of alkyl halides is 6. The summed E-state index contributed by atoms with van der Waals surface area (Å²) in [6.45, 7) is 1.18. The zero-order chi connectivity index (χ0) is 31.5. The van der Waals surface area contributed by atoms with Gasteiger partial charge in [-0.3, -0.25) is 9.67 Å². The van der Waals surface area contributed by atoms with Gasteiger partial charge in [-0.1, -0.05) is 42.5 Å². The van der Waals surface area contributed by atoms with Crippen molar-refractivity contribution in [3.05, 3.63) is 94.9 Å². The van der Waals surface area contributed by atoms with Gasteiger partial charge in [0.05, 0.1) is 11.3 Å². The van der Waals surface area contributed by atoms with Gasteiger partial charge >= 0.3 is 24.3 Å². The number of benzene rings is 2. The van der Waals surface area contributed by atoms with Crippen molar-refractivity contribution >= 4 is 11.9 Å². The van der Waals surface area contributed by atoms with Crippen LogP contribution in [0.5, 0.6) is 0 Å². The van der Waals surface area contributed by atoms with Crippen LogP contribution < -0.4 is 5.32 Å². The van der Waals surface area contributed by atoms with Gasteiger partial charge in [0, 0.05) is 30.1 Å². The maximum absolute atomic E-state index is 13.4. The van der Waals surface area contributed by atoms with Gasteiger partial charge in [0.1, 0.15) is 0 Å². The van der Waals surface area contributed by atoms with Crippen LogP contribution in [0.3, 0.4) is 0 Å². The predicted octanol–water partition coefficient (Wildman–Crippen LogP) is 6.20. The number of aryl methyl sites for hydroxylation is 2. The van der Waals surface area contributed by atoms with Crippen LogP contribution in [0.25, 0.3) is 22.4 Å². The first kappa shape index (κ1) is 30.9. The minimum atomic E-state index is -5.32. The van der Waals surface area contributed by atoms with Crippen molar-refractivity contribution in [2.75, 3.05) is 13.1 Å². The van der Waals surface area contributed by atoms with E-state index in [9.17, 15) is 35.9 Å². The summed E-state index contributed by atoms with van der Waals surface area (Å²) >= 11 is 0. The van der Waals surface area contributed by atoms with Gasteiger partial charge in [0.15, 0.2) is 5.69 Å². The molecule has 0 amide bonds. The van der Waals surface area contributed by atoms with Gasteiger partial charge in [0.25, 0.3) is 0 Å². The van der Waals surface area contributed by atoms with E-state index in [-0.39, 0.29) is 17.8 Å². The van der Waals surface area contributed by atoms with Gasteiger partial charge in [-0.2, -0.15) is 31.4 Å². The monoisotopic (exact) mass is 616 g/mol. The normalized spacial score (nSPS) is 12.9. The number of hydrogen-bond donors (Lipinski definition) is 1. The van der Waals surface area contributed by atoms with Crippen LogP contribution in [0, 0.1) is 0 Å². The van der Waals surface area contributed by atoms with Gasteiger partial charge in [0.2, 0.25) is 0 Å². The third kappa shape index (κ3) is 6.83. The van der Waals surface area contributed by atoms with Crippen LogP contribution in [-0.2, 0) is 41.5 Å². The molecule has 2 heterocycles.